The van der Waals surface area contributed by atoms with Gasteiger partial charge in [0, 0.05) is 30.9 Å². The molecule has 0 aromatic heterocycles. The number of carbonyl (C=O) groups excluding carboxylic acids is 2. The van der Waals surface area contributed by atoms with E-state index in [0.717, 1.165) is 22.8 Å². The lowest BCUT2D eigenvalue weighted by Crippen LogP contribution is -2.50. The summed E-state index contributed by atoms with van der Waals surface area (Å²) in [5, 5.41) is 4.62. The number of carbonyl (C=O) groups is 2. The van der Waals surface area contributed by atoms with Gasteiger partial charge in [-0.15, -0.1) is 0 Å². The van der Waals surface area contributed by atoms with Gasteiger partial charge in [0.25, 0.3) is 10.0 Å². The van der Waals surface area contributed by atoms with E-state index in [-0.39, 0.29) is 30.8 Å². The molecular formula is C29H35N3O4S. The highest BCUT2D eigenvalue weighted by molar-refractivity contribution is 7.93. The van der Waals surface area contributed by atoms with Gasteiger partial charge in [0.05, 0.1) is 10.6 Å². The van der Waals surface area contributed by atoms with Crippen molar-refractivity contribution >= 4 is 38.3 Å². The Morgan fingerprint density at radius 1 is 0.946 bits per heavy atom. The lowest BCUT2D eigenvalue weighted by molar-refractivity contribution is -0.141. The fourth-order valence-electron chi connectivity index (χ4n) is 4.86. The highest BCUT2D eigenvalue weighted by Crippen LogP contribution is 2.42. The van der Waals surface area contributed by atoms with Crippen LogP contribution in [-0.4, -0.2) is 43.8 Å². The third-order valence-corrected chi connectivity index (χ3v) is 8.87. The molecule has 0 fully saturated rings. The topological polar surface area (TPSA) is 86.8 Å². The molecular weight excluding hydrogens is 486 g/mol. The number of rotatable bonds is 11. The molecule has 1 N–H and O–H groups in total. The smallest absolute Gasteiger partial charge is 0.265 e. The molecule has 0 saturated carbocycles. The molecule has 0 unspecified atom stereocenters. The minimum atomic E-state index is -3.67. The van der Waals surface area contributed by atoms with E-state index in [2.05, 4.69) is 5.32 Å². The van der Waals surface area contributed by atoms with E-state index in [0.29, 0.717) is 30.0 Å². The quantitative estimate of drug-likeness (QED) is 0.391. The summed E-state index contributed by atoms with van der Waals surface area (Å²) in [7, 11) is -3.67. The van der Waals surface area contributed by atoms with Gasteiger partial charge in [0.2, 0.25) is 11.8 Å². The third kappa shape index (κ3) is 5.49. The Hall–Kier alpha value is -3.39. The molecule has 0 radical (unpaired) electrons. The molecule has 4 rings (SSSR count). The Kier molecular flexibility index (Phi) is 8.17. The van der Waals surface area contributed by atoms with Gasteiger partial charge in [-0.05, 0) is 49.3 Å². The molecule has 3 aromatic carbocycles. The van der Waals surface area contributed by atoms with Crippen LogP contribution in [0, 0.1) is 0 Å². The molecule has 1 aliphatic heterocycles. The molecule has 7 nitrogen and oxygen atoms in total. The van der Waals surface area contributed by atoms with Crippen molar-refractivity contribution < 1.29 is 18.0 Å². The Balaban J connectivity index is 1.51. The predicted molar refractivity (Wildman–Crippen MR) is 147 cm³/mol. The Morgan fingerprint density at radius 2 is 1.65 bits per heavy atom. The molecule has 2 atom stereocenters. The van der Waals surface area contributed by atoms with Gasteiger partial charge in [-0.25, -0.2) is 8.42 Å². The van der Waals surface area contributed by atoms with E-state index in [1.165, 1.54) is 4.31 Å². The van der Waals surface area contributed by atoms with Crippen LogP contribution in [0.1, 0.15) is 52.0 Å². The summed E-state index contributed by atoms with van der Waals surface area (Å²) in [5.41, 5.74) is 1.59. The SMILES string of the molecule is CC[C@@H](C)NC(=O)[C@@H](CC)N(Cc1ccccc1)C(=O)CCCN1c2cccc3cccc(c23)S1(=O)=O. The Labute approximate surface area is 219 Å². The standard InChI is InChI=1S/C29H35N3O4S/c1-4-21(3)30-29(34)24(5-2)31(20-22-12-7-6-8-13-22)27(33)18-11-19-32-25-16-9-14-23-15-10-17-26(28(23)25)37(32,35)36/h6-10,12-17,21,24H,4-5,11,18-20H2,1-3H3,(H,30,34)/t21-,24-/m1/s1. The number of sulfonamides is 1. The second-order valence-electron chi connectivity index (χ2n) is 9.56. The summed E-state index contributed by atoms with van der Waals surface area (Å²) in [6.45, 7) is 6.36. The van der Waals surface area contributed by atoms with E-state index in [1.54, 1.807) is 17.0 Å². The molecule has 0 aliphatic carbocycles. The van der Waals surface area contributed by atoms with E-state index >= 15 is 0 Å². The molecule has 37 heavy (non-hydrogen) atoms. The molecule has 196 valence electrons. The summed E-state index contributed by atoms with van der Waals surface area (Å²) in [4.78, 5) is 28.6. The summed E-state index contributed by atoms with van der Waals surface area (Å²) in [6, 6.07) is 19.9. The number of anilines is 1. The average molecular weight is 522 g/mol. The van der Waals surface area contributed by atoms with Crippen molar-refractivity contribution in [3.05, 3.63) is 72.3 Å². The van der Waals surface area contributed by atoms with Crippen LogP contribution in [0.4, 0.5) is 5.69 Å². The fraction of sp³-hybridized carbons (Fsp3) is 0.379. The van der Waals surface area contributed by atoms with E-state index in [4.69, 9.17) is 0 Å². The van der Waals surface area contributed by atoms with Crippen LogP contribution in [-0.2, 0) is 26.2 Å². The molecule has 2 amide bonds. The van der Waals surface area contributed by atoms with Crippen LogP contribution in [0.15, 0.2) is 71.6 Å². The van der Waals surface area contributed by atoms with Crippen molar-refractivity contribution in [1.82, 2.24) is 10.2 Å². The zero-order chi connectivity index (χ0) is 26.6. The first-order valence-electron chi connectivity index (χ1n) is 13.0. The van der Waals surface area contributed by atoms with Crippen molar-refractivity contribution in [2.75, 3.05) is 10.8 Å². The molecule has 8 heteroatoms. The Bertz CT molecular complexity index is 1370. The zero-order valence-corrected chi connectivity index (χ0v) is 22.5. The molecule has 0 saturated heterocycles. The minimum Gasteiger partial charge on any atom is -0.352 e. The number of nitrogens with zero attached hydrogens (tertiary/aromatic N) is 2. The summed E-state index contributed by atoms with van der Waals surface area (Å²) >= 11 is 0. The average Bonchev–Trinajstić information content (AvgIpc) is 3.12. The van der Waals surface area contributed by atoms with E-state index in [1.807, 2.05) is 75.4 Å². The van der Waals surface area contributed by atoms with Crippen LogP contribution in [0.3, 0.4) is 0 Å². The number of nitrogens with one attached hydrogen (secondary N) is 1. The van der Waals surface area contributed by atoms with Crippen molar-refractivity contribution in [3.8, 4) is 0 Å². The third-order valence-electron chi connectivity index (χ3n) is 7.02. The molecule has 0 bridgehead atoms. The zero-order valence-electron chi connectivity index (χ0n) is 21.7. The van der Waals surface area contributed by atoms with Crippen molar-refractivity contribution in [1.29, 1.82) is 0 Å². The number of hydrogen-bond acceptors (Lipinski definition) is 4. The number of benzene rings is 3. The maximum atomic E-state index is 13.5. The van der Waals surface area contributed by atoms with Crippen LogP contribution in [0.25, 0.3) is 10.8 Å². The van der Waals surface area contributed by atoms with E-state index < -0.39 is 16.1 Å². The molecule has 0 spiro atoms. The second-order valence-corrected chi connectivity index (χ2v) is 11.4. The summed E-state index contributed by atoms with van der Waals surface area (Å²) < 4.78 is 27.9. The predicted octanol–water partition coefficient (Wildman–Crippen LogP) is 4.85. The second kappa shape index (κ2) is 11.3. The van der Waals surface area contributed by atoms with Gasteiger partial charge in [-0.2, -0.15) is 0 Å². The monoisotopic (exact) mass is 521 g/mol. The van der Waals surface area contributed by atoms with Gasteiger partial charge < -0.3 is 10.2 Å². The molecule has 1 aliphatic rings. The fourth-order valence-corrected chi connectivity index (χ4v) is 6.61. The maximum Gasteiger partial charge on any atom is 0.265 e. The van der Waals surface area contributed by atoms with Crippen LogP contribution < -0.4 is 9.62 Å². The first kappa shape index (κ1) is 26.7. The van der Waals surface area contributed by atoms with Gasteiger partial charge >= 0.3 is 0 Å². The van der Waals surface area contributed by atoms with Gasteiger partial charge in [-0.3, -0.25) is 13.9 Å². The van der Waals surface area contributed by atoms with Crippen molar-refractivity contribution in [2.45, 2.75) is 70.0 Å². The minimum absolute atomic E-state index is 0.0138. The first-order chi connectivity index (χ1) is 17.8. The lowest BCUT2D eigenvalue weighted by atomic mass is 10.1. The largest absolute Gasteiger partial charge is 0.352 e. The van der Waals surface area contributed by atoms with Crippen LogP contribution in [0.2, 0.25) is 0 Å². The lowest BCUT2D eigenvalue weighted by Gasteiger charge is -2.31. The van der Waals surface area contributed by atoms with Gasteiger partial charge in [0.1, 0.15) is 6.04 Å². The highest BCUT2D eigenvalue weighted by Gasteiger charge is 2.35. The summed E-state index contributed by atoms with van der Waals surface area (Å²) in [5.74, 6) is -0.326. The van der Waals surface area contributed by atoms with E-state index in [9.17, 15) is 18.0 Å². The normalized spacial score (nSPS) is 15.4. The van der Waals surface area contributed by atoms with Crippen molar-refractivity contribution in [3.63, 3.8) is 0 Å². The maximum absolute atomic E-state index is 13.5. The number of amides is 2. The molecule has 1 heterocycles. The Morgan fingerprint density at radius 3 is 2.32 bits per heavy atom. The highest BCUT2D eigenvalue weighted by atomic mass is 32.2. The van der Waals surface area contributed by atoms with Crippen molar-refractivity contribution in [2.24, 2.45) is 0 Å². The summed E-state index contributed by atoms with van der Waals surface area (Å²) in [6.07, 6.45) is 1.77. The van der Waals surface area contributed by atoms with Crippen LogP contribution in [0.5, 0.6) is 0 Å². The first-order valence-corrected chi connectivity index (χ1v) is 14.4. The van der Waals surface area contributed by atoms with Gasteiger partial charge in [-0.1, -0.05) is 68.4 Å². The van der Waals surface area contributed by atoms with Crippen LogP contribution >= 0.6 is 0 Å². The van der Waals surface area contributed by atoms with Gasteiger partial charge in [0.15, 0.2) is 0 Å². The molecule has 3 aromatic rings. The number of hydrogen-bond donors (Lipinski definition) is 1.